The van der Waals surface area contributed by atoms with Crippen LogP contribution in [0.3, 0.4) is 0 Å². The van der Waals surface area contributed by atoms with E-state index in [0.29, 0.717) is 31.7 Å². The molecule has 2 saturated heterocycles. The Bertz CT molecular complexity index is 763. The fourth-order valence-corrected chi connectivity index (χ4v) is 5.58. The summed E-state index contributed by atoms with van der Waals surface area (Å²) in [7, 11) is -3.50. The van der Waals surface area contributed by atoms with Gasteiger partial charge in [0.25, 0.3) is 5.91 Å². The molecule has 0 spiro atoms. The molecule has 1 amide bonds. The minimum absolute atomic E-state index is 0.0219. The molecule has 2 fully saturated rings. The SMILES string of the molecule is CC1CCCCN1S(=O)(=O)c1ccc(C(=O)N2CCC(C)(CN)C2)cc1. The van der Waals surface area contributed by atoms with E-state index in [1.807, 2.05) is 11.8 Å². The fourth-order valence-electron chi connectivity index (χ4n) is 3.88. The second-order valence-corrected chi connectivity index (χ2v) is 9.87. The van der Waals surface area contributed by atoms with E-state index < -0.39 is 10.0 Å². The number of nitrogens with two attached hydrogens (primary N) is 1. The lowest BCUT2D eigenvalue weighted by atomic mass is 9.90. The van der Waals surface area contributed by atoms with Gasteiger partial charge in [-0.05, 0) is 62.4 Å². The zero-order valence-electron chi connectivity index (χ0n) is 15.6. The number of rotatable bonds is 4. The van der Waals surface area contributed by atoms with Gasteiger partial charge in [0.15, 0.2) is 0 Å². The minimum atomic E-state index is -3.50. The number of amides is 1. The second kappa shape index (κ2) is 7.29. The van der Waals surface area contributed by atoms with E-state index >= 15 is 0 Å². The first-order chi connectivity index (χ1) is 12.3. The predicted molar refractivity (Wildman–Crippen MR) is 101 cm³/mol. The van der Waals surface area contributed by atoms with Crippen LogP contribution >= 0.6 is 0 Å². The van der Waals surface area contributed by atoms with E-state index in [4.69, 9.17) is 5.73 Å². The third kappa shape index (κ3) is 3.66. The van der Waals surface area contributed by atoms with Crippen molar-refractivity contribution < 1.29 is 13.2 Å². The Balaban J connectivity index is 1.75. The lowest BCUT2D eigenvalue weighted by molar-refractivity contribution is 0.0777. The van der Waals surface area contributed by atoms with E-state index in [1.165, 1.54) is 0 Å². The molecule has 0 aromatic heterocycles. The minimum Gasteiger partial charge on any atom is -0.338 e. The zero-order valence-corrected chi connectivity index (χ0v) is 16.5. The number of likely N-dealkylation sites (tertiary alicyclic amines) is 1. The van der Waals surface area contributed by atoms with Crippen molar-refractivity contribution in [1.29, 1.82) is 0 Å². The van der Waals surface area contributed by atoms with Gasteiger partial charge in [-0.15, -0.1) is 0 Å². The molecule has 2 unspecified atom stereocenters. The summed E-state index contributed by atoms with van der Waals surface area (Å²) in [6, 6.07) is 6.39. The number of hydrogen-bond acceptors (Lipinski definition) is 4. The molecular weight excluding hydrogens is 350 g/mol. The van der Waals surface area contributed by atoms with Gasteiger partial charge in [-0.1, -0.05) is 13.3 Å². The number of piperidine rings is 1. The van der Waals surface area contributed by atoms with Gasteiger partial charge in [0, 0.05) is 31.2 Å². The number of nitrogens with zero attached hydrogens (tertiary/aromatic N) is 2. The summed E-state index contributed by atoms with van der Waals surface area (Å²) in [5.41, 5.74) is 6.31. The Labute approximate surface area is 156 Å². The van der Waals surface area contributed by atoms with Crippen LogP contribution in [0, 0.1) is 5.41 Å². The molecule has 1 aromatic carbocycles. The van der Waals surface area contributed by atoms with E-state index in [1.54, 1.807) is 28.6 Å². The van der Waals surface area contributed by atoms with Gasteiger partial charge in [-0.25, -0.2) is 8.42 Å². The highest BCUT2D eigenvalue weighted by molar-refractivity contribution is 7.89. The van der Waals surface area contributed by atoms with Crippen LogP contribution in [0.1, 0.15) is 49.9 Å². The summed E-state index contributed by atoms with van der Waals surface area (Å²) in [5.74, 6) is -0.0579. The summed E-state index contributed by atoms with van der Waals surface area (Å²) in [4.78, 5) is 14.8. The molecule has 6 nitrogen and oxygen atoms in total. The van der Waals surface area contributed by atoms with E-state index in [0.717, 1.165) is 25.7 Å². The van der Waals surface area contributed by atoms with E-state index in [-0.39, 0.29) is 22.3 Å². The lowest BCUT2D eigenvalue weighted by Crippen LogP contribution is -2.41. The Hall–Kier alpha value is -1.44. The van der Waals surface area contributed by atoms with Crippen LogP contribution in [0.2, 0.25) is 0 Å². The molecule has 0 aliphatic carbocycles. The van der Waals surface area contributed by atoms with Gasteiger partial charge in [-0.3, -0.25) is 4.79 Å². The Morgan fingerprint density at radius 2 is 1.92 bits per heavy atom. The van der Waals surface area contributed by atoms with Crippen LogP contribution in [0.4, 0.5) is 0 Å². The average molecular weight is 380 g/mol. The van der Waals surface area contributed by atoms with Crippen LogP contribution in [0.25, 0.3) is 0 Å². The molecule has 2 aliphatic rings. The maximum atomic E-state index is 12.9. The second-order valence-electron chi connectivity index (χ2n) is 7.98. The van der Waals surface area contributed by atoms with Gasteiger partial charge in [0.2, 0.25) is 10.0 Å². The third-order valence-electron chi connectivity index (χ3n) is 5.79. The Morgan fingerprint density at radius 3 is 2.50 bits per heavy atom. The largest absolute Gasteiger partial charge is 0.338 e. The van der Waals surface area contributed by atoms with Gasteiger partial charge in [0.1, 0.15) is 0 Å². The highest BCUT2D eigenvalue weighted by atomic mass is 32.2. The molecule has 2 heterocycles. The summed E-state index contributed by atoms with van der Waals surface area (Å²) in [6.07, 6.45) is 3.76. The fraction of sp³-hybridized carbons (Fsp3) is 0.632. The molecule has 2 aliphatic heterocycles. The van der Waals surface area contributed by atoms with Crippen molar-refractivity contribution in [3.8, 4) is 0 Å². The van der Waals surface area contributed by atoms with Crippen LogP contribution < -0.4 is 5.73 Å². The molecule has 0 saturated carbocycles. The summed E-state index contributed by atoms with van der Waals surface area (Å²) < 4.78 is 27.3. The monoisotopic (exact) mass is 379 g/mol. The Kier molecular flexibility index (Phi) is 5.42. The number of sulfonamides is 1. The van der Waals surface area contributed by atoms with Gasteiger partial charge in [0.05, 0.1) is 4.90 Å². The van der Waals surface area contributed by atoms with Crippen LogP contribution in [0.15, 0.2) is 29.2 Å². The highest BCUT2D eigenvalue weighted by Crippen LogP contribution is 2.30. The summed E-state index contributed by atoms with van der Waals surface area (Å²) >= 11 is 0. The highest BCUT2D eigenvalue weighted by Gasteiger charge is 2.35. The molecular formula is C19H29N3O3S. The van der Waals surface area contributed by atoms with Crippen molar-refractivity contribution in [3.63, 3.8) is 0 Å². The smallest absolute Gasteiger partial charge is 0.253 e. The quantitative estimate of drug-likeness (QED) is 0.868. The van der Waals surface area contributed by atoms with Crippen molar-refractivity contribution in [2.75, 3.05) is 26.2 Å². The van der Waals surface area contributed by atoms with Crippen molar-refractivity contribution in [1.82, 2.24) is 9.21 Å². The van der Waals surface area contributed by atoms with Gasteiger partial charge >= 0.3 is 0 Å². The molecule has 26 heavy (non-hydrogen) atoms. The van der Waals surface area contributed by atoms with Crippen molar-refractivity contribution >= 4 is 15.9 Å². The van der Waals surface area contributed by atoms with E-state index in [9.17, 15) is 13.2 Å². The molecule has 0 radical (unpaired) electrons. The number of carbonyl (C=O) groups is 1. The first-order valence-corrected chi connectivity index (χ1v) is 10.8. The van der Waals surface area contributed by atoms with Gasteiger partial charge in [-0.2, -0.15) is 4.31 Å². The molecule has 144 valence electrons. The molecule has 3 rings (SSSR count). The topological polar surface area (TPSA) is 83.7 Å². The maximum absolute atomic E-state index is 12.9. The predicted octanol–water partition coefficient (Wildman–Crippen LogP) is 2.06. The van der Waals surface area contributed by atoms with Crippen molar-refractivity contribution in [2.45, 2.75) is 50.5 Å². The van der Waals surface area contributed by atoms with Crippen molar-refractivity contribution in [2.24, 2.45) is 11.1 Å². The number of benzene rings is 1. The lowest BCUT2D eigenvalue weighted by Gasteiger charge is -2.32. The first-order valence-electron chi connectivity index (χ1n) is 9.38. The third-order valence-corrected chi connectivity index (χ3v) is 7.82. The normalized spacial score (nSPS) is 27.7. The standard InChI is InChI=1S/C19H29N3O3S/c1-15-5-3-4-11-22(15)26(24,25)17-8-6-16(7-9-17)18(23)21-12-10-19(2,13-20)14-21/h6-9,15H,3-5,10-14,20H2,1-2H3. The number of hydrogen-bond donors (Lipinski definition) is 1. The molecule has 0 bridgehead atoms. The zero-order chi connectivity index (χ0) is 18.9. The van der Waals surface area contributed by atoms with Crippen LogP contribution in [0.5, 0.6) is 0 Å². The summed E-state index contributed by atoms with van der Waals surface area (Å²) in [6.45, 7) is 6.51. The first kappa shape index (κ1) is 19.3. The van der Waals surface area contributed by atoms with Crippen LogP contribution in [-0.2, 0) is 10.0 Å². The van der Waals surface area contributed by atoms with Crippen molar-refractivity contribution in [3.05, 3.63) is 29.8 Å². The van der Waals surface area contributed by atoms with Gasteiger partial charge < -0.3 is 10.6 Å². The van der Waals surface area contributed by atoms with E-state index in [2.05, 4.69) is 6.92 Å². The molecule has 1 aromatic rings. The molecule has 7 heteroatoms. The summed E-state index contributed by atoms with van der Waals surface area (Å²) in [5, 5.41) is 0. The molecule has 2 N–H and O–H groups in total. The number of carbonyl (C=O) groups excluding carboxylic acids is 1. The average Bonchev–Trinajstić information content (AvgIpc) is 3.04. The molecule has 2 atom stereocenters. The Morgan fingerprint density at radius 1 is 1.23 bits per heavy atom. The maximum Gasteiger partial charge on any atom is 0.253 e. The van der Waals surface area contributed by atoms with Crippen LogP contribution in [-0.4, -0.2) is 55.8 Å².